The van der Waals surface area contributed by atoms with Crippen molar-refractivity contribution in [3.8, 4) is 0 Å². The summed E-state index contributed by atoms with van der Waals surface area (Å²) in [6, 6.07) is 8.58. The number of nitrogens with zero attached hydrogens (tertiary/aromatic N) is 2. The van der Waals surface area contributed by atoms with Crippen molar-refractivity contribution in [1.29, 1.82) is 0 Å². The van der Waals surface area contributed by atoms with Gasteiger partial charge in [-0.25, -0.2) is 0 Å². The first-order chi connectivity index (χ1) is 9.67. The van der Waals surface area contributed by atoms with E-state index in [1.165, 1.54) is 11.3 Å². The Hall–Kier alpha value is -0.980. The van der Waals surface area contributed by atoms with E-state index in [1.807, 2.05) is 0 Å². The molecule has 0 radical (unpaired) electrons. The number of rotatable bonds is 8. The zero-order valence-electron chi connectivity index (χ0n) is 13.4. The van der Waals surface area contributed by atoms with Crippen LogP contribution >= 0.6 is 24.0 Å². The summed E-state index contributed by atoms with van der Waals surface area (Å²) in [6.45, 7) is 9.96. The molecule has 1 aromatic rings. The van der Waals surface area contributed by atoms with E-state index in [4.69, 9.17) is 5.73 Å². The third-order valence-electron chi connectivity index (χ3n) is 3.23. The maximum atomic E-state index is 5.83. The van der Waals surface area contributed by atoms with E-state index in [1.54, 1.807) is 0 Å². The van der Waals surface area contributed by atoms with Gasteiger partial charge in [0.1, 0.15) is 0 Å². The fourth-order valence-electron chi connectivity index (χ4n) is 2.03. The van der Waals surface area contributed by atoms with Gasteiger partial charge in [-0.05, 0) is 38.0 Å². The van der Waals surface area contributed by atoms with Crippen LogP contribution in [-0.2, 0) is 0 Å². The number of benzene rings is 1. The molecule has 0 aliphatic heterocycles. The fourth-order valence-corrected chi connectivity index (χ4v) is 2.03. The lowest BCUT2D eigenvalue weighted by molar-refractivity contribution is 0.761. The first-order valence-electron chi connectivity index (χ1n) is 7.52. The molecule has 0 spiro atoms. The van der Waals surface area contributed by atoms with Gasteiger partial charge in [-0.3, -0.25) is 4.99 Å². The molecule has 5 heteroatoms. The Morgan fingerprint density at radius 1 is 1.33 bits per heavy atom. The van der Waals surface area contributed by atoms with Gasteiger partial charge in [0.15, 0.2) is 5.96 Å². The number of halogens is 1. The van der Waals surface area contributed by atoms with Crippen molar-refractivity contribution < 1.29 is 0 Å². The molecular formula is C16H29IN4. The van der Waals surface area contributed by atoms with Crippen LogP contribution in [0.15, 0.2) is 29.3 Å². The van der Waals surface area contributed by atoms with Crippen molar-refractivity contribution in [1.82, 2.24) is 5.32 Å². The molecule has 0 aliphatic rings. The predicted octanol–water partition coefficient (Wildman–Crippen LogP) is 3.14. The van der Waals surface area contributed by atoms with Crippen molar-refractivity contribution >= 4 is 35.6 Å². The van der Waals surface area contributed by atoms with Crippen LogP contribution < -0.4 is 16.0 Å². The van der Waals surface area contributed by atoms with Crippen LogP contribution in [0, 0.1) is 6.92 Å². The van der Waals surface area contributed by atoms with Crippen LogP contribution in [0.1, 0.15) is 32.3 Å². The van der Waals surface area contributed by atoms with Crippen molar-refractivity contribution in [2.45, 2.75) is 33.6 Å². The van der Waals surface area contributed by atoms with E-state index < -0.39 is 0 Å². The molecule has 0 aromatic heterocycles. The highest BCUT2D eigenvalue weighted by molar-refractivity contribution is 14.0. The van der Waals surface area contributed by atoms with E-state index in [0.717, 1.165) is 39.0 Å². The Morgan fingerprint density at radius 2 is 2.10 bits per heavy atom. The SMILES string of the molecule is CCCCN=C(N)NCCN(CC)c1cccc(C)c1.I. The number of unbranched alkanes of at least 4 members (excludes halogenated alkanes) is 1. The molecule has 3 N–H and O–H groups in total. The third kappa shape index (κ3) is 8.14. The standard InChI is InChI=1S/C16H28N4.HI/c1-4-6-10-18-16(17)19-11-12-20(5-2)15-9-7-8-14(3)13-15;/h7-9,13H,4-6,10-12H2,1-3H3,(H3,17,18,19);1H. The van der Waals surface area contributed by atoms with Gasteiger partial charge in [-0.15, -0.1) is 24.0 Å². The molecule has 0 fully saturated rings. The van der Waals surface area contributed by atoms with E-state index in [9.17, 15) is 0 Å². The van der Waals surface area contributed by atoms with Gasteiger partial charge < -0.3 is 16.0 Å². The van der Waals surface area contributed by atoms with Crippen molar-refractivity contribution in [3.63, 3.8) is 0 Å². The number of likely N-dealkylation sites (N-methyl/N-ethyl adjacent to an activating group) is 1. The Balaban J connectivity index is 0.00000400. The van der Waals surface area contributed by atoms with Gasteiger partial charge >= 0.3 is 0 Å². The molecule has 0 saturated carbocycles. The maximum Gasteiger partial charge on any atom is 0.188 e. The largest absolute Gasteiger partial charge is 0.370 e. The Morgan fingerprint density at radius 3 is 2.71 bits per heavy atom. The maximum absolute atomic E-state index is 5.83. The molecule has 120 valence electrons. The van der Waals surface area contributed by atoms with Crippen LogP contribution in [0.5, 0.6) is 0 Å². The van der Waals surface area contributed by atoms with Crippen molar-refractivity contribution in [3.05, 3.63) is 29.8 Å². The minimum Gasteiger partial charge on any atom is -0.370 e. The molecule has 0 aliphatic carbocycles. The Labute approximate surface area is 146 Å². The summed E-state index contributed by atoms with van der Waals surface area (Å²) < 4.78 is 0. The molecule has 4 nitrogen and oxygen atoms in total. The van der Waals surface area contributed by atoms with Gasteiger partial charge in [-0.1, -0.05) is 25.5 Å². The zero-order chi connectivity index (χ0) is 14.8. The summed E-state index contributed by atoms with van der Waals surface area (Å²) in [5.74, 6) is 0.554. The second kappa shape index (κ2) is 11.7. The van der Waals surface area contributed by atoms with E-state index in [2.05, 4.69) is 60.2 Å². The first kappa shape index (κ1) is 20.0. The topological polar surface area (TPSA) is 53.6 Å². The summed E-state index contributed by atoms with van der Waals surface area (Å²) in [5, 5.41) is 3.18. The third-order valence-corrected chi connectivity index (χ3v) is 3.23. The lowest BCUT2D eigenvalue weighted by Gasteiger charge is -2.23. The number of guanidine groups is 1. The van der Waals surface area contributed by atoms with Gasteiger partial charge in [0, 0.05) is 31.9 Å². The van der Waals surface area contributed by atoms with Crippen LogP contribution in [0.3, 0.4) is 0 Å². The second-order valence-corrected chi connectivity index (χ2v) is 4.97. The Bertz CT molecular complexity index is 420. The predicted molar refractivity (Wildman–Crippen MR) is 104 cm³/mol. The Kier molecular flexibility index (Phi) is 11.1. The second-order valence-electron chi connectivity index (χ2n) is 4.97. The molecule has 0 heterocycles. The number of aliphatic imine (C=N–C) groups is 1. The van der Waals surface area contributed by atoms with Crippen LogP contribution in [0.4, 0.5) is 5.69 Å². The highest BCUT2D eigenvalue weighted by Gasteiger charge is 2.03. The molecule has 0 amide bonds. The molecule has 0 bridgehead atoms. The highest BCUT2D eigenvalue weighted by Crippen LogP contribution is 2.14. The lowest BCUT2D eigenvalue weighted by Crippen LogP contribution is -2.38. The zero-order valence-corrected chi connectivity index (χ0v) is 15.8. The van der Waals surface area contributed by atoms with E-state index in [-0.39, 0.29) is 24.0 Å². The van der Waals surface area contributed by atoms with Crippen molar-refractivity contribution in [2.24, 2.45) is 10.7 Å². The number of nitrogens with two attached hydrogens (primary N) is 1. The average molecular weight is 404 g/mol. The number of aryl methyl sites for hydroxylation is 1. The minimum atomic E-state index is 0. The molecule has 21 heavy (non-hydrogen) atoms. The molecule has 0 unspecified atom stereocenters. The van der Waals surface area contributed by atoms with Gasteiger partial charge in [-0.2, -0.15) is 0 Å². The monoisotopic (exact) mass is 404 g/mol. The number of hydrogen-bond donors (Lipinski definition) is 2. The molecule has 1 aromatic carbocycles. The number of anilines is 1. The van der Waals surface area contributed by atoms with Crippen LogP contribution in [-0.4, -0.2) is 32.1 Å². The molecule has 1 rings (SSSR count). The number of nitrogens with one attached hydrogen (secondary N) is 1. The van der Waals surface area contributed by atoms with E-state index >= 15 is 0 Å². The molecule has 0 saturated heterocycles. The fraction of sp³-hybridized carbons (Fsp3) is 0.562. The average Bonchev–Trinajstić information content (AvgIpc) is 2.44. The van der Waals surface area contributed by atoms with Gasteiger partial charge in [0.05, 0.1) is 0 Å². The highest BCUT2D eigenvalue weighted by atomic mass is 127. The summed E-state index contributed by atoms with van der Waals surface area (Å²) in [4.78, 5) is 6.62. The summed E-state index contributed by atoms with van der Waals surface area (Å²) in [7, 11) is 0. The number of hydrogen-bond acceptors (Lipinski definition) is 2. The lowest BCUT2D eigenvalue weighted by atomic mass is 10.2. The minimum absolute atomic E-state index is 0. The summed E-state index contributed by atoms with van der Waals surface area (Å²) in [6.07, 6.45) is 2.24. The quantitative estimate of drug-likeness (QED) is 0.303. The normalized spacial score (nSPS) is 10.9. The van der Waals surface area contributed by atoms with Crippen molar-refractivity contribution in [2.75, 3.05) is 31.1 Å². The summed E-state index contributed by atoms with van der Waals surface area (Å²) >= 11 is 0. The van der Waals surface area contributed by atoms with E-state index in [0.29, 0.717) is 5.96 Å². The molecular weight excluding hydrogens is 375 g/mol. The smallest absolute Gasteiger partial charge is 0.188 e. The van der Waals surface area contributed by atoms with Crippen LogP contribution in [0.25, 0.3) is 0 Å². The van der Waals surface area contributed by atoms with Gasteiger partial charge in [0.2, 0.25) is 0 Å². The summed E-state index contributed by atoms with van der Waals surface area (Å²) in [5.41, 5.74) is 8.37. The van der Waals surface area contributed by atoms with Crippen LogP contribution in [0.2, 0.25) is 0 Å². The molecule has 0 atom stereocenters. The van der Waals surface area contributed by atoms with Gasteiger partial charge in [0.25, 0.3) is 0 Å². The first-order valence-corrected chi connectivity index (χ1v) is 7.52.